The normalized spacial score (nSPS) is 27.9. The molecule has 1 saturated heterocycles. The maximum atomic E-state index is 10.6. The number of aryl methyl sites for hydroxylation is 2. The summed E-state index contributed by atoms with van der Waals surface area (Å²) >= 11 is 0. The molecule has 1 unspecified atom stereocenters. The summed E-state index contributed by atoms with van der Waals surface area (Å²) < 4.78 is 0. The topological polar surface area (TPSA) is 86.7 Å². The van der Waals surface area contributed by atoms with Gasteiger partial charge in [-0.1, -0.05) is 48.9 Å². The van der Waals surface area contributed by atoms with Crippen molar-refractivity contribution >= 4 is 10.9 Å². The van der Waals surface area contributed by atoms with E-state index in [4.69, 9.17) is 5.73 Å². The second-order valence-electron chi connectivity index (χ2n) is 8.71. The monoisotopic (exact) mass is 431 g/mol. The smallest absolute Gasteiger partial charge is 0.108 e. The number of aliphatic hydroxyl groups excluding tert-OH is 3. The molecule has 3 rings (SSSR count). The van der Waals surface area contributed by atoms with Gasteiger partial charge in [-0.05, 0) is 73.2 Å². The molecule has 30 heavy (non-hydrogen) atoms. The summed E-state index contributed by atoms with van der Waals surface area (Å²) in [6.45, 7) is 2.89. The van der Waals surface area contributed by atoms with Gasteiger partial charge in [-0.3, -0.25) is 0 Å². The van der Waals surface area contributed by atoms with Crippen molar-refractivity contribution in [1.82, 2.24) is 0 Å². The third kappa shape index (κ3) is 5.65. The van der Waals surface area contributed by atoms with E-state index < -0.39 is 29.2 Å². The van der Waals surface area contributed by atoms with Gasteiger partial charge in [0.15, 0.2) is 0 Å². The fourth-order valence-corrected chi connectivity index (χ4v) is 6.80. The Hall–Kier alpha value is -1.37. The van der Waals surface area contributed by atoms with Crippen LogP contribution in [0.25, 0.3) is 0 Å². The molecule has 5 atom stereocenters. The summed E-state index contributed by atoms with van der Waals surface area (Å²) in [4.78, 5) is 0. The Labute approximate surface area is 183 Å². The predicted octanol–water partition coefficient (Wildman–Crippen LogP) is 3.03. The Kier molecular flexibility index (Phi) is 8.37. The number of hydrogen-bond acceptors (Lipinski definition) is 4. The van der Waals surface area contributed by atoms with Gasteiger partial charge < -0.3 is 21.1 Å². The number of thiol groups is 1. The summed E-state index contributed by atoms with van der Waals surface area (Å²) in [5.74, 6) is 0.564. The van der Waals surface area contributed by atoms with Crippen molar-refractivity contribution in [3.05, 3.63) is 70.3 Å². The first kappa shape index (κ1) is 23.3. The van der Waals surface area contributed by atoms with Gasteiger partial charge in [-0.25, -0.2) is 10.9 Å². The molecule has 0 aromatic heterocycles. The van der Waals surface area contributed by atoms with Crippen LogP contribution in [-0.4, -0.2) is 52.2 Å². The average molecular weight is 432 g/mol. The SMILES string of the molecule is Cc1ccc([C@H]2[C@H](O)[C@H](O)[C@H](O)C[SH]2C)cc1Cc1ccc(CCCCCN)cc1. The Morgan fingerprint density at radius 3 is 2.33 bits per heavy atom. The lowest BCUT2D eigenvalue weighted by molar-refractivity contribution is -0.0561. The van der Waals surface area contributed by atoms with Gasteiger partial charge in [0.25, 0.3) is 0 Å². The zero-order valence-electron chi connectivity index (χ0n) is 18.2. The minimum absolute atomic E-state index is 0.103. The number of nitrogens with two attached hydrogens (primary N) is 1. The van der Waals surface area contributed by atoms with E-state index in [1.807, 2.05) is 0 Å². The van der Waals surface area contributed by atoms with Crippen LogP contribution in [0.4, 0.5) is 0 Å². The van der Waals surface area contributed by atoms with Crippen molar-refractivity contribution in [3.8, 4) is 0 Å². The highest BCUT2D eigenvalue weighted by Gasteiger charge is 2.40. The second kappa shape index (κ2) is 10.8. The van der Waals surface area contributed by atoms with Gasteiger partial charge in [-0.15, -0.1) is 0 Å². The minimum Gasteiger partial charge on any atom is -0.390 e. The fourth-order valence-electron chi connectivity index (χ4n) is 4.40. The molecule has 1 heterocycles. The summed E-state index contributed by atoms with van der Waals surface area (Å²) in [5.41, 5.74) is 11.8. The molecule has 0 radical (unpaired) electrons. The highest BCUT2D eigenvalue weighted by molar-refractivity contribution is 8.16. The van der Waals surface area contributed by atoms with Crippen LogP contribution in [0.1, 0.15) is 52.3 Å². The molecule has 1 aliphatic heterocycles. The summed E-state index contributed by atoms with van der Waals surface area (Å²) in [5, 5.41) is 30.7. The lowest BCUT2D eigenvalue weighted by Crippen LogP contribution is -2.47. The molecule has 0 amide bonds. The zero-order valence-corrected chi connectivity index (χ0v) is 19.1. The average Bonchev–Trinajstić information content (AvgIpc) is 2.73. The van der Waals surface area contributed by atoms with Crippen LogP contribution in [0.3, 0.4) is 0 Å². The molecular formula is C25H37NO3S. The van der Waals surface area contributed by atoms with Crippen LogP contribution in [0.2, 0.25) is 0 Å². The van der Waals surface area contributed by atoms with Crippen LogP contribution in [0, 0.1) is 6.92 Å². The first-order chi connectivity index (χ1) is 14.4. The lowest BCUT2D eigenvalue weighted by Gasteiger charge is -2.42. The van der Waals surface area contributed by atoms with Crippen molar-refractivity contribution in [1.29, 1.82) is 0 Å². The molecule has 1 fully saturated rings. The molecule has 166 valence electrons. The Morgan fingerprint density at radius 1 is 0.933 bits per heavy atom. The van der Waals surface area contributed by atoms with Crippen LogP contribution in [0.15, 0.2) is 42.5 Å². The molecular weight excluding hydrogens is 394 g/mol. The van der Waals surface area contributed by atoms with Crippen LogP contribution < -0.4 is 5.73 Å². The van der Waals surface area contributed by atoms with Gasteiger partial charge in [0.1, 0.15) is 6.10 Å². The quantitative estimate of drug-likeness (QED) is 0.328. The third-order valence-electron chi connectivity index (χ3n) is 6.32. The van der Waals surface area contributed by atoms with E-state index in [2.05, 4.69) is 55.6 Å². The maximum Gasteiger partial charge on any atom is 0.108 e. The first-order valence-electron chi connectivity index (χ1n) is 11.0. The molecule has 0 spiro atoms. The Balaban J connectivity index is 1.71. The second-order valence-corrected chi connectivity index (χ2v) is 11.1. The van der Waals surface area contributed by atoms with E-state index in [-0.39, 0.29) is 5.25 Å². The maximum absolute atomic E-state index is 10.6. The fraction of sp³-hybridized carbons (Fsp3) is 0.520. The van der Waals surface area contributed by atoms with Crippen molar-refractivity contribution in [2.45, 2.75) is 62.6 Å². The van der Waals surface area contributed by atoms with Crippen LogP contribution in [-0.2, 0) is 12.8 Å². The predicted molar refractivity (Wildman–Crippen MR) is 128 cm³/mol. The Bertz CT molecular complexity index is 811. The third-order valence-corrected chi connectivity index (χ3v) is 8.82. The lowest BCUT2D eigenvalue weighted by atomic mass is 9.93. The zero-order chi connectivity index (χ0) is 21.7. The molecule has 2 aromatic rings. The molecule has 1 aliphatic rings. The number of rotatable bonds is 8. The van der Waals surface area contributed by atoms with Crippen LogP contribution >= 0.6 is 10.9 Å². The van der Waals surface area contributed by atoms with E-state index >= 15 is 0 Å². The number of unbranched alkanes of at least 4 members (excludes halogenated alkanes) is 2. The van der Waals surface area contributed by atoms with E-state index in [1.165, 1.54) is 35.1 Å². The summed E-state index contributed by atoms with van der Waals surface area (Å²) in [7, 11) is -0.599. The molecule has 2 aromatic carbocycles. The number of hydrogen-bond donors (Lipinski definition) is 5. The summed E-state index contributed by atoms with van der Waals surface area (Å²) in [6, 6.07) is 15.3. The van der Waals surface area contributed by atoms with Crippen molar-refractivity contribution in [2.24, 2.45) is 5.73 Å². The van der Waals surface area contributed by atoms with Crippen molar-refractivity contribution in [3.63, 3.8) is 0 Å². The van der Waals surface area contributed by atoms with Crippen molar-refractivity contribution < 1.29 is 15.3 Å². The Morgan fingerprint density at radius 2 is 1.63 bits per heavy atom. The molecule has 0 aliphatic carbocycles. The molecule has 5 N–H and O–H groups in total. The van der Waals surface area contributed by atoms with Gasteiger partial charge >= 0.3 is 0 Å². The van der Waals surface area contributed by atoms with Gasteiger partial charge in [0.2, 0.25) is 0 Å². The van der Waals surface area contributed by atoms with E-state index in [0.29, 0.717) is 5.75 Å². The van der Waals surface area contributed by atoms with Crippen molar-refractivity contribution in [2.75, 3.05) is 18.6 Å². The van der Waals surface area contributed by atoms with E-state index in [0.717, 1.165) is 31.4 Å². The van der Waals surface area contributed by atoms with Gasteiger partial charge in [0, 0.05) is 11.0 Å². The van der Waals surface area contributed by atoms with Crippen LogP contribution in [0.5, 0.6) is 0 Å². The highest BCUT2D eigenvalue weighted by atomic mass is 32.2. The molecule has 5 heteroatoms. The highest BCUT2D eigenvalue weighted by Crippen LogP contribution is 2.48. The number of benzene rings is 2. The molecule has 4 nitrogen and oxygen atoms in total. The minimum atomic E-state index is -1.07. The molecule has 0 saturated carbocycles. The molecule has 0 bridgehead atoms. The van der Waals surface area contributed by atoms with E-state index in [9.17, 15) is 15.3 Å². The first-order valence-corrected chi connectivity index (χ1v) is 13.1. The van der Waals surface area contributed by atoms with Gasteiger partial charge in [0.05, 0.1) is 12.2 Å². The number of aliphatic hydroxyl groups is 3. The van der Waals surface area contributed by atoms with E-state index in [1.54, 1.807) is 0 Å². The standard InChI is InChI=1S/C25H37NO3S/c1-17-7-12-20(25-24(29)23(28)22(27)16-30(25)2)15-21(17)14-19-10-8-18(9-11-19)6-4-3-5-13-26/h7-12,15,22-25,27-30H,3-6,13-14,16,26H2,1-2H3/t22-,23-,24-,25+/m1/s1. The largest absolute Gasteiger partial charge is 0.390 e. The summed E-state index contributed by atoms with van der Waals surface area (Å²) in [6.07, 6.45) is 4.70. The van der Waals surface area contributed by atoms with Gasteiger partial charge in [-0.2, -0.15) is 0 Å².